The van der Waals surface area contributed by atoms with Crippen LogP contribution in [0.15, 0.2) is 0 Å². The molecular weight excluding hydrogens is 315 g/mol. The summed E-state index contributed by atoms with van der Waals surface area (Å²) in [6.07, 6.45) is -12.5. The third kappa shape index (κ3) is 3.47. The Morgan fingerprint density at radius 3 is 1.47 bits per heavy atom. The normalized spacial score (nSPS) is 17.5. The van der Waals surface area contributed by atoms with Gasteiger partial charge in [-0.25, -0.2) is 9.18 Å². The van der Waals surface area contributed by atoms with Gasteiger partial charge in [0, 0.05) is 0 Å². The molecule has 0 N–H and O–H groups in total. The van der Waals surface area contributed by atoms with Crippen molar-refractivity contribution in [1.82, 2.24) is 0 Å². The molecule has 0 aliphatic heterocycles. The van der Waals surface area contributed by atoms with Crippen molar-refractivity contribution >= 4 is 29.2 Å². The molecule has 0 rings (SSSR count). The molecule has 0 amide bonds. The largest absolute Gasteiger partial charge is 0.459 e. The molecule has 0 fully saturated rings. The minimum Gasteiger partial charge on any atom is -0.392 e. The number of alkyl halides is 10. The first-order valence-electron chi connectivity index (χ1n) is 3.25. The maximum absolute atomic E-state index is 12.4. The SMILES string of the molecule is O=C(OC(F)(F)C(F)(Cl)C(F)(F)F)C(F)(F)Cl. The lowest BCUT2D eigenvalue weighted by Gasteiger charge is -2.28. The maximum Gasteiger partial charge on any atom is 0.459 e. The van der Waals surface area contributed by atoms with Gasteiger partial charge in [-0.15, -0.1) is 0 Å². The van der Waals surface area contributed by atoms with Crippen molar-refractivity contribution in [1.29, 1.82) is 0 Å². The molecular formula is C5Cl2F8O2. The first-order valence-corrected chi connectivity index (χ1v) is 4.01. The van der Waals surface area contributed by atoms with Crippen LogP contribution in [0.1, 0.15) is 0 Å². The molecule has 0 aromatic heterocycles. The third-order valence-electron chi connectivity index (χ3n) is 1.17. The summed E-state index contributed by atoms with van der Waals surface area (Å²) in [5.74, 6) is -3.28. The van der Waals surface area contributed by atoms with Crippen molar-refractivity contribution in [2.24, 2.45) is 0 Å². The van der Waals surface area contributed by atoms with E-state index in [4.69, 9.17) is 0 Å². The molecule has 1 atom stereocenters. The smallest absolute Gasteiger partial charge is 0.392 e. The van der Waals surface area contributed by atoms with Crippen LogP contribution < -0.4 is 0 Å². The summed E-state index contributed by atoms with van der Waals surface area (Å²) in [7, 11) is 0. The van der Waals surface area contributed by atoms with E-state index in [0.717, 1.165) is 0 Å². The van der Waals surface area contributed by atoms with Crippen molar-refractivity contribution in [2.45, 2.75) is 22.8 Å². The number of esters is 1. The van der Waals surface area contributed by atoms with E-state index >= 15 is 0 Å². The van der Waals surface area contributed by atoms with E-state index < -0.39 is 28.8 Å². The standard InChI is InChI=1S/C5Cl2F8O2/c6-2(8,9)1(16)17-5(14,15)3(7,10)4(11,12)13. The van der Waals surface area contributed by atoms with E-state index in [2.05, 4.69) is 27.9 Å². The zero-order valence-electron chi connectivity index (χ0n) is 7.10. The summed E-state index contributed by atoms with van der Waals surface area (Å²) in [4.78, 5) is 10.1. The van der Waals surface area contributed by atoms with E-state index in [-0.39, 0.29) is 0 Å². The van der Waals surface area contributed by atoms with Gasteiger partial charge in [0.2, 0.25) is 0 Å². The molecule has 0 saturated heterocycles. The van der Waals surface area contributed by atoms with Crippen LogP contribution in [-0.4, -0.2) is 28.8 Å². The monoisotopic (exact) mass is 314 g/mol. The second kappa shape index (κ2) is 4.30. The lowest BCUT2D eigenvalue weighted by Crippen LogP contribution is -2.54. The summed E-state index contributed by atoms with van der Waals surface area (Å²) < 4.78 is 98.3. The molecule has 102 valence electrons. The molecule has 0 saturated carbocycles. The predicted molar refractivity (Wildman–Crippen MR) is 37.6 cm³/mol. The fraction of sp³-hybridized carbons (Fsp3) is 0.800. The molecule has 1 unspecified atom stereocenters. The Bertz CT molecular complexity index is 306. The summed E-state index contributed by atoms with van der Waals surface area (Å²) >= 11 is 7.66. The molecule has 0 aromatic rings. The lowest BCUT2D eigenvalue weighted by atomic mass is 10.3. The molecule has 17 heavy (non-hydrogen) atoms. The highest BCUT2D eigenvalue weighted by atomic mass is 35.5. The molecule has 0 spiro atoms. The van der Waals surface area contributed by atoms with Gasteiger partial charge in [-0.3, -0.25) is 0 Å². The highest BCUT2D eigenvalue weighted by Gasteiger charge is 2.74. The Balaban J connectivity index is 5.12. The van der Waals surface area contributed by atoms with Gasteiger partial charge in [0.25, 0.3) is 0 Å². The van der Waals surface area contributed by atoms with Crippen LogP contribution in [0, 0.1) is 0 Å². The zero-order valence-corrected chi connectivity index (χ0v) is 8.61. The summed E-state index contributed by atoms with van der Waals surface area (Å²) in [5.41, 5.74) is 0. The van der Waals surface area contributed by atoms with Gasteiger partial charge in [0.1, 0.15) is 0 Å². The molecule has 12 heteroatoms. The van der Waals surface area contributed by atoms with Crippen LogP contribution in [0.5, 0.6) is 0 Å². The number of carbonyl (C=O) groups is 1. The first kappa shape index (κ1) is 16.5. The maximum atomic E-state index is 12.4. The molecule has 0 bridgehead atoms. The minimum absolute atomic E-state index is 2.31. The van der Waals surface area contributed by atoms with E-state index in [1.807, 2.05) is 0 Å². The van der Waals surface area contributed by atoms with Gasteiger partial charge in [0.15, 0.2) is 0 Å². The summed E-state index contributed by atoms with van der Waals surface area (Å²) in [6, 6.07) is 0. The number of carbonyl (C=O) groups excluding carboxylic acids is 1. The van der Waals surface area contributed by atoms with E-state index in [0.29, 0.717) is 0 Å². The number of ether oxygens (including phenoxy) is 1. The van der Waals surface area contributed by atoms with Crippen LogP contribution in [-0.2, 0) is 9.53 Å². The van der Waals surface area contributed by atoms with Crippen molar-refractivity contribution < 1.29 is 44.7 Å². The fourth-order valence-electron chi connectivity index (χ4n) is 0.403. The van der Waals surface area contributed by atoms with Gasteiger partial charge in [-0.1, -0.05) is 11.6 Å². The van der Waals surface area contributed by atoms with Gasteiger partial charge in [0.05, 0.1) is 0 Å². The van der Waals surface area contributed by atoms with Crippen LogP contribution in [0.25, 0.3) is 0 Å². The number of hydrogen-bond acceptors (Lipinski definition) is 2. The highest BCUT2D eigenvalue weighted by molar-refractivity contribution is 6.31. The van der Waals surface area contributed by atoms with Crippen LogP contribution in [0.3, 0.4) is 0 Å². The molecule has 0 aliphatic carbocycles. The summed E-state index contributed by atoms with van der Waals surface area (Å²) in [5, 5.41) is -10.9. The Morgan fingerprint density at radius 2 is 1.24 bits per heavy atom. The van der Waals surface area contributed by atoms with Crippen molar-refractivity contribution in [3.63, 3.8) is 0 Å². The average Bonchev–Trinajstić information content (AvgIpc) is 1.98. The third-order valence-corrected chi connectivity index (χ3v) is 1.76. The Hall–Kier alpha value is -0.510. The average molecular weight is 315 g/mol. The second-order valence-corrected chi connectivity index (χ2v) is 3.47. The highest BCUT2D eigenvalue weighted by Crippen LogP contribution is 2.49. The van der Waals surface area contributed by atoms with Crippen LogP contribution >= 0.6 is 23.2 Å². The zero-order chi connectivity index (χ0) is 14.3. The van der Waals surface area contributed by atoms with E-state index in [1.165, 1.54) is 0 Å². The molecule has 0 aliphatic rings. The molecule has 0 aromatic carbocycles. The quantitative estimate of drug-likeness (QED) is 0.453. The topological polar surface area (TPSA) is 26.3 Å². The van der Waals surface area contributed by atoms with Crippen molar-refractivity contribution in [2.75, 3.05) is 0 Å². The number of hydrogen-bond donors (Lipinski definition) is 0. The predicted octanol–water partition coefficient (Wildman–Crippen LogP) is 3.42. The van der Waals surface area contributed by atoms with Gasteiger partial charge in [-0.2, -0.15) is 30.7 Å². The Kier molecular flexibility index (Phi) is 4.17. The Morgan fingerprint density at radius 1 is 0.882 bits per heavy atom. The second-order valence-electron chi connectivity index (χ2n) is 2.48. The van der Waals surface area contributed by atoms with Crippen LogP contribution in [0.4, 0.5) is 35.1 Å². The van der Waals surface area contributed by atoms with Crippen LogP contribution in [0.2, 0.25) is 0 Å². The van der Waals surface area contributed by atoms with Crippen molar-refractivity contribution in [3.05, 3.63) is 0 Å². The lowest BCUT2D eigenvalue weighted by molar-refractivity contribution is -0.343. The number of halogens is 10. The van der Waals surface area contributed by atoms with E-state index in [1.54, 1.807) is 0 Å². The van der Waals surface area contributed by atoms with Gasteiger partial charge < -0.3 is 4.74 Å². The van der Waals surface area contributed by atoms with Gasteiger partial charge >= 0.3 is 28.8 Å². The molecule has 0 heterocycles. The fourth-order valence-corrected chi connectivity index (χ4v) is 0.481. The summed E-state index contributed by atoms with van der Waals surface area (Å²) in [6.45, 7) is 0. The van der Waals surface area contributed by atoms with Gasteiger partial charge in [-0.05, 0) is 11.6 Å². The Labute approximate surface area is 97.4 Å². The number of rotatable bonds is 3. The minimum atomic E-state index is -6.38. The molecule has 0 radical (unpaired) electrons. The van der Waals surface area contributed by atoms with E-state index in [9.17, 15) is 39.9 Å². The molecule has 2 nitrogen and oxygen atoms in total. The first-order chi connectivity index (χ1) is 7.13. The van der Waals surface area contributed by atoms with Crippen molar-refractivity contribution in [3.8, 4) is 0 Å².